The van der Waals surface area contributed by atoms with Crippen LogP contribution in [-0.4, -0.2) is 26.1 Å². The maximum Gasteiger partial charge on any atom is 0.192 e. The first-order chi connectivity index (χ1) is 9.38. The van der Waals surface area contributed by atoms with E-state index in [1.54, 1.807) is 13.2 Å². The van der Waals surface area contributed by atoms with E-state index in [0.29, 0.717) is 5.75 Å². The number of hydrogen-bond donors (Lipinski definition) is 1. The van der Waals surface area contributed by atoms with Gasteiger partial charge in [0, 0.05) is 0 Å². The second kappa shape index (κ2) is 6.01. The molecule has 4 heteroatoms. The van der Waals surface area contributed by atoms with Crippen molar-refractivity contribution >= 4 is 8.32 Å². The van der Waals surface area contributed by atoms with Crippen molar-refractivity contribution in [3.05, 3.63) is 23.8 Å². The molecular formula is C17H30O3Si. The molecule has 0 aliphatic carbocycles. The van der Waals surface area contributed by atoms with Gasteiger partial charge in [-0.3, -0.25) is 0 Å². The van der Waals surface area contributed by atoms with Crippen molar-refractivity contribution in [1.29, 1.82) is 0 Å². The second-order valence-corrected chi connectivity index (χ2v) is 12.5. The van der Waals surface area contributed by atoms with Gasteiger partial charge in [0.15, 0.2) is 19.8 Å². The molecule has 0 saturated carbocycles. The van der Waals surface area contributed by atoms with Gasteiger partial charge in [0.25, 0.3) is 0 Å². The van der Waals surface area contributed by atoms with Gasteiger partial charge < -0.3 is 14.3 Å². The largest absolute Gasteiger partial charge is 0.504 e. The molecular weight excluding hydrogens is 280 g/mol. The molecule has 1 aromatic carbocycles. The Morgan fingerprint density at radius 3 is 2.14 bits per heavy atom. The van der Waals surface area contributed by atoms with Crippen LogP contribution in [0, 0.1) is 0 Å². The highest BCUT2D eigenvalue weighted by molar-refractivity contribution is 6.74. The molecule has 0 saturated heterocycles. The van der Waals surface area contributed by atoms with Gasteiger partial charge in [-0.2, -0.15) is 0 Å². The molecule has 0 aromatic heterocycles. The first-order valence-electron chi connectivity index (χ1n) is 7.44. The Bertz CT molecular complexity index is 487. The summed E-state index contributed by atoms with van der Waals surface area (Å²) in [6.45, 7) is 15.6. The zero-order valence-electron chi connectivity index (χ0n) is 14.7. The molecule has 0 bridgehead atoms. The standard InChI is InChI=1S/C17H30O3Si/c1-16(2,3)21(7,8)20-17(4,5)12-13-9-10-14(18)15(11-13)19-6/h9-11,18H,12H2,1-8H3. The zero-order valence-corrected chi connectivity index (χ0v) is 15.7. The molecule has 0 aliphatic heterocycles. The summed E-state index contributed by atoms with van der Waals surface area (Å²) in [5, 5.41) is 9.87. The monoisotopic (exact) mass is 310 g/mol. The summed E-state index contributed by atoms with van der Waals surface area (Å²) in [6, 6.07) is 5.48. The van der Waals surface area contributed by atoms with Crippen LogP contribution in [0.5, 0.6) is 11.5 Å². The van der Waals surface area contributed by atoms with Crippen molar-refractivity contribution in [2.75, 3.05) is 7.11 Å². The van der Waals surface area contributed by atoms with Gasteiger partial charge in [0.05, 0.1) is 12.7 Å². The topological polar surface area (TPSA) is 38.7 Å². The van der Waals surface area contributed by atoms with Crippen LogP contribution in [0.25, 0.3) is 0 Å². The van der Waals surface area contributed by atoms with Crippen LogP contribution < -0.4 is 4.74 Å². The third-order valence-electron chi connectivity index (χ3n) is 4.21. The van der Waals surface area contributed by atoms with Gasteiger partial charge in [-0.1, -0.05) is 26.8 Å². The van der Waals surface area contributed by atoms with E-state index >= 15 is 0 Å². The zero-order chi connectivity index (χ0) is 16.5. The minimum absolute atomic E-state index is 0.171. The van der Waals surface area contributed by atoms with Crippen molar-refractivity contribution in [3.8, 4) is 11.5 Å². The average molecular weight is 311 g/mol. The smallest absolute Gasteiger partial charge is 0.192 e. The molecule has 0 amide bonds. The Morgan fingerprint density at radius 2 is 1.67 bits per heavy atom. The average Bonchev–Trinajstić information content (AvgIpc) is 2.28. The maximum atomic E-state index is 9.68. The van der Waals surface area contributed by atoms with E-state index in [1.165, 1.54) is 0 Å². The third-order valence-corrected chi connectivity index (χ3v) is 8.89. The molecule has 0 atom stereocenters. The number of benzene rings is 1. The second-order valence-electron chi connectivity index (χ2n) is 7.81. The fourth-order valence-electron chi connectivity index (χ4n) is 2.20. The van der Waals surface area contributed by atoms with Crippen molar-refractivity contribution in [2.45, 2.75) is 64.8 Å². The van der Waals surface area contributed by atoms with Gasteiger partial charge in [-0.15, -0.1) is 0 Å². The molecule has 0 radical (unpaired) electrons. The highest BCUT2D eigenvalue weighted by Crippen LogP contribution is 2.40. The van der Waals surface area contributed by atoms with Crippen LogP contribution in [0.4, 0.5) is 0 Å². The third kappa shape index (κ3) is 4.75. The van der Waals surface area contributed by atoms with Crippen LogP contribution in [0.2, 0.25) is 18.1 Å². The van der Waals surface area contributed by atoms with Crippen molar-refractivity contribution in [2.24, 2.45) is 0 Å². The van der Waals surface area contributed by atoms with Gasteiger partial charge in [-0.05, 0) is 56.1 Å². The summed E-state index contributed by atoms with van der Waals surface area (Å²) >= 11 is 0. The van der Waals surface area contributed by atoms with Crippen LogP contribution in [0.15, 0.2) is 18.2 Å². The predicted molar refractivity (Wildman–Crippen MR) is 90.7 cm³/mol. The summed E-state index contributed by atoms with van der Waals surface area (Å²) in [5.74, 6) is 0.681. The Balaban J connectivity index is 2.90. The number of methoxy groups -OCH3 is 1. The molecule has 0 fully saturated rings. The normalized spacial score (nSPS) is 13.3. The van der Waals surface area contributed by atoms with Crippen molar-refractivity contribution in [1.82, 2.24) is 0 Å². The molecule has 0 heterocycles. The molecule has 1 N–H and O–H groups in total. The first-order valence-corrected chi connectivity index (χ1v) is 10.3. The van der Waals surface area contributed by atoms with Gasteiger partial charge in [-0.25, -0.2) is 0 Å². The first kappa shape index (κ1) is 18.0. The van der Waals surface area contributed by atoms with Crippen molar-refractivity contribution in [3.63, 3.8) is 0 Å². The van der Waals surface area contributed by atoms with Gasteiger partial charge in [0.2, 0.25) is 0 Å². The van der Waals surface area contributed by atoms with E-state index in [4.69, 9.17) is 9.16 Å². The lowest BCUT2D eigenvalue weighted by Gasteiger charge is -2.43. The fourth-order valence-corrected chi connectivity index (χ4v) is 3.96. The van der Waals surface area contributed by atoms with E-state index in [9.17, 15) is 5.11 Å². The Hall–Kier alpha value is -1.00. The highest BCUT2D eigenvalue weighted by Gasteiger charge is 2.41. The highest BCUT2D eigenvalue weighted by atomic mass is 28.4. The lowest BCUT2D eigenvalue weighted by molar-refractivity contribution is 0.0919. The predicted octanol–water partition coefficient (Wildman–Crippen LogP) is 4.74. The lowest BCUT2D eigenvalue weighted by atomic mass is 9.98. The molecule has 1 aromatic rings. The Morgan fingerprint density at radius 1 is 1.10 bits per heavy atom. The van der Waals surface area contributed by atoms with E-state index < -0.39 is 8.32 Å². The lowest BCUT2D eigenvalue weighted by Crippen LogP contribution is -2.48. The molecule has 21 heavy (non-hydrogen) atoms. The molecule has 0 aliphatic rings. The van der Waals surface area contributed by atoms with E-state index in [1.807, 2.05) is 12.1 Å². The Kier molecular flexibility index (Phi) is 5.16. The summed E-state index contributed by atoms with van der Waals surface area (Å²) in [6.07, 6.45) is 0.788. The van der Waals surface area contributed by atoms with Crippen LogP contribution >= 0.6 is 0 Å². The summed E-state index contributed by atoms with van der Waals surface area (Å²) in [5.41, 5.74) is 0.860. The number of rotatable bonds is 5. The molecule has 0 unspecified atom stereocenters. The number of hydrogen-bond acceptors (Lipinski definition) is 3. The molecule has 120 valence electrons. The van der Waals surface area contributed by atoms with Crippen LogP contribution in [-0.2, 0) is 10.8 Å². The van der Waals surface area contributed by atoms with Crippen molar-refractivity contribution < 1.29 is 14.3 Å². The SMILES string of the molecule is COc1cc(CC(C)(C)O[Si](C)(C)C(C)(C)C)ccc1O. The number of phenols is 1. The summed E-state index contributed by atoms with van der Waals surface area (Å²) < 4.78 is 11.7. The number of ether oxygens (including phenoxy) is 1. The molecule has 0 spiro atoms. The van der Waals surface area contributed by atoms with Gasteiger partial charge in [0.1, 0.15) is 0 Å². The van der Waals surface area contributed by atoms with Crippen LogP contribution in [0.3, 0.4) is 0 Å². The van der Waals surface area contributed by atoms with E-state index in [0.717, 1.165) is 12.0 Å². The van der Waals surface area contributed by atoms with E-state index in [-0.39, 0.29) is 16.4 Å². The van der Waals surface area contributed by atoms with Gasteiger partial charge >= 0.3 is 0 Å². The van der Waals surface area contributed by atoms with E-state index in [2.05, 4.69) is 47.7 Å². The number of phenolic OH excluding ortho intramolecular Hbond substituents is 1. The summed E-state index contributed by atoms with van der Waals surface area (Å²) in [4.78, 5) is 0. The molecule has 1 rings (SSSR count). The minimum atomic E-state index is -1.81. The molecule has 3 nitrogen and oxygen atoms in total. The maximum absolute atomic E-state index is 9.68. The summed E-state index contributed by atoms with van der Waals surface area (Å²) in [7, 11) is -0.242. The number of aromatic hydroxyl groups is 1. The minimum Gasteiger partial charge on any atom is -0.504 e. The van der Waals surface area contributed by atoms with Crippen LogP contribution in [0.1, 0.15) is 40.2 Å². The Labute approximate surface area is 130 Å². The quantitative estimate of drug-likeness (QED) is 0.798. The fraction of sp³-hybridized carbons (Fsp3) is 0.647.